The fourth-order valence-electron chi connectivity index (χ4n) is 7.16. The summed E-state index contributed by atoms with van der Waals surface area (Å²) < 4.78 is 12.7. The van der Waals surface area contributed by atoms with E-state index in [0.29, 0.717) is 42.1 Å². The van der Waals surface area contributed by atoms with Crippen molar-refractivity contribution < 1.29 is 19.4 Å². The van der Waals surface area contributed by atoms with Gasteiger partial charge in [0.25, 0.3) is 0 Å². The molecule has 2 aliphatic carbocycles. The second kappa shape index (κ2) is 11.2. The Morgan fingerprint density at radius 2 is 2.00 bits per heavy atom. The van der Waals surface area contributed by atoms with Gasteiger partial charge >= 0.3 is 5.97 Å². The summed E-state index contributed by atoms with van der Waals surface area (Å²) in [5, 5.41) is 16.6. The minimum atomic E-state index is -0.836. The number of pyridine rings is 1. The number of hydrogen-bond donors (Lipinski definition) is 2. The van der Waals surface area contributed by atoms with E-state index in [1.165, 1.54) is 18.2 Å². The van der Waals surface area contributed by atoms with Crippen molar-refractivity contribution in [1.82, 2.24) is 4.98 Å². The Morgan fingerprint density at radius 3 is 2.78 bits per heavy atom. The molecule has 0 radical (unpaired) electrons. The molecule has 1 spiro atoms. The number of anilines is 1. The molecule has 6 rings (SSSR count). The number of methoxy groups -OCH3 is 1. The summed E-state index contributed by atoms with van der Waals surface area (Å²) in [6.07, 6.45) is 6.61. The highest BCUT2D eigenvalue weighted by atomic mass is 35.5. The van der Waals surface area contributed by atoms with Crippen molar-refractivity contribution in [2.45, 2.75) is 56.4 Å². The highest BCUT2D eigenvalue weighted by molar-refractivity contribution is 7.17. The van der Waals surface area contributed by atoms with Gasteiger partial charge in [-0.2, -0.15) is 0 Å². The first-order valence-corrected chi connectivity index (χ1v) is 15.5. The number of halogens is 1. The van der Waals surface area contributed by atoms with E-state index in [2.05, 4.69) is 23.3 Å². The van der Waals surface area contributed by atoms with Crippen LogP contribution in [0.3, 0.4) is 0 Å². The number of carbonyl (C=O) groups excluding carboxylic acids is 1. The van der Waals surface area contributed by atoms with Crippen LogP contribution in [0.25, 0.3) is 10.2 Å². The summed E-state index contributed by atoms with van der Waals surface area (Å²) in [5.74, 6) is 1.62. The molecule has 0 bridgehead atoms. The highest BCUT2D eigenvalue weighted by Gasteiger charge is 2.54. The first-order valence-electron chi connectivity index (χ1n) is 14.2. The third-order valence-corrected chi connectivity index (χ3v) is 10.3. The second-order valence-electron chi connectivity index (χ2n) is 11.7. The van der Waals surface area contributed by atoms with Gasteiger partial charge in [0, 0.05) is 16.9 Å². The quantitative estimate of drug-likeness (QED) is 0.204. The number of fused-ring (bicyclic) bond motifs is 3. The molecule has 6 nitrogen and oxygen atoms in total. The van der Waals surface area contributed by atoms with Crippen molar-refractivity contribution in [2.75, 3.05) is 19.0 Å². The maximum Gasteiger partial charge on any atom is 0.331 e. The number of benzene rings is 2. The predicted molar refractivity (Wildman–Crippen MR) is 164 cm³/mol. The van der Waals surface area contributed by atoms with Crippen molar-refractivity contribution in [2.24, 2.45) is 11.8 Å². The first kappa shape index (κ1) is 27.9. The normalized spacial score (nSPS) is 24.2. The molecule has 8 heteroatoms. The van der Waals surface area contributed by atoms with Crippen molar-refractivity contribution in [3.8, 4) is 11.5 Å². The summed E-state index contributed by atoms with van der Waals surface area (Å²) in [6, 6.07) is 17.3. The van der Waals surface area contributed by atoms with Gasteiger partial charge in [0.05, 0.1) is 23.9 Å². The van der Waals surface area contributed by atoms with E-state index in [1.807, 2.05) is 47.8 Å². The molecule has 2 atom stereocenters. The minimum absolute atomic E-state index is 0.131. The van der Waals surface area contributed by atoms with Crippen LogP contribution in [-0.2, 0) is 21.4 Å². The molecule has 2 aromatic carbocycles. The lowest BCUT2D eigenvalue weighted by atomic mass is 9.59. The fraction of sp³-hybridized carbons (Fsp3) is 0.394. The Bertz CT molecular complexity index is 1560. The third kappa shape index (κ3) is 5.26. The van der Waals surface area contributed by atoms with Crippen LogP contribution >= 0.6 is 22.9 Å². The van der Waals surface area contributed by atoms with E-state index in [9.17, 15) is 9.90 Å². The monoisotopic (exact) mass is 590 g/mol. The van der Waals surface area contributed by atoms with Crippen molar-refractivity contribution in [1.29, 1.82) is 0 Å². The number of carbonyl (C=O) groups is 1. The van der Waals surface area contributed by atoms with Crippen LogP contribution in [0.5, 0.6) is 11.5 Å². The molecule has 4 aromatic rings. The predicted octanol–water partition coefficient (Wildman–Crippen LogP) is 7.77. The summed E-state index contributed by atoms with van der Waals surface area (Å²) in [5.41, 5.74) is 3.33. The van der Waals surface area contributed by atoms with Gasteiger partial charge in [-0.25, -0.2) is 4.79 Å². The molecule has 0 aliphatic heterocycles. The van der Waals surface area contributed by atoms with Gasteiger partial charge in [-0.3, -0.25) is 4.98 Å². The molecular formula is C33H35ClN2O4S. The second-order valence-corrected chi connectivity index (χ2v) is 13.1. The number of hydrogen-bond acceptors (Lipinski definition) is 7. The maximum absolute atomic E-state index is 13.3. The van der Waals surface area contributed by atoms with Crippen molar-refractivity contribution in [3.63, 3.8) is 0 Å². The van der Waals surface area contributed by atoms with Crippen LogP contribution in [0.15, 0.2) is 66.2 Å². The number of esters is 1. The molecule has 1 fully saturated rings. The van der Waals surface area contributed by atoms with E-state index in [1.54, 1.807) is 23.6 Å². The van der Waals surface area contributed by atoms with E-state index in [-0.39, 0.29) is 11.4 Å². The van der Waals surface area contributed by atoms with E-state index in [4.69, 9.17) is 21.1 Å². The van der Waals surface area contributed by atoms with Crippen LogP contribution in [0.4, 0.5) is 5.69 Å². The lowest BCUT2D eigenvalue weighted by molar-refractivity contribution is -0.148. The topological polar surface area (TPSA) is 80.7 Å². The number of thiophene rings is 1. The largest absolute Gasteiger partial charge is 0.508 e. The van der Waals surface area contributed by atoms with Gasteiger partial charge in [-0.05, 0) is 115 Å². The number of aromatic nitrogens is 1. The zero-order valence-corrected chi connectivity index (χ0v) is 24.9. The van der Waals surface area contributed by atoms with Crippen LogP contribution in [0.2, 0.25) is 5.02 Å². The molecule has 2 aliphatic rings. The average molecular weight is 591 g/mol. The van der Waals surface area contributed by atoms with Gasteiger partial charge < -0.3 is 19.9 Å². The minimum Gasteiger partial charge on any atom is -0.508 e. The van der Waals surface area contributed by atoms with Gasteiger partial charge in [-0.15, -0.1) is 11.3 Å². The maximum atomic E-state index is 13.3. The van der Waals surface area contributed by atoms with Crippen molar-refractivity contribution >= 4 is 44.8 Å². The molecule has 1 saturated carbocycles. The molecule has 41 heavy (non-hydrogen) atoms. The Balaban J connectivity index is 1.23. The van der Waals surface area contributed by atoms with Crippen LogP contribution in [-0.4, -0.2) is 35.3 Å². The smallest absolute Gasteiger partial charge is 0.331 e. The zero-order valence-electron chi connectivity index (χ0n) is 23.4. The van der Waals surface area contributed by atoms with Gasteiger partial charge in [-0.1, -0.05) is 30.7 Å². The van der Waals surface area contributed by atoms with Crippen molar-refractivity contribution in [3.05, 3.63) is 82.3 Å². The number of ether oxygens (including phenoxy) is 2. The van der Waals surface area contributed by atoms with Crippen LogP contribution < -0.4 is 10.1 Å². The molecule has 2 heterocycles. The molecule has 0 saturated heterocycles. The fourth-order valence-corrected chi connectivity index (χ4v) is 8.17. The lowest BCUT2D eigenvalue weighted by Gasteiger charge is -2.47. The number of nitrogens with one attached hydrogen (secondary N) is 1. The van der Waals surface area contributed by atoms with Gasteiger partial charge in [0.15, 0.2) is 0 Å². The summed E-state index contributed by atoms with van der Waals surface area (Å²) in [7, 11) is 1.45. The molecular weight excluding hydrogens is 556 g/mol. The molecule has 214 valence electrons. The molecule has 2 aromatic heterocycles. The number of phenolic OH excluding ortho intramolecular Hbond substituents is 1. The highest BCUT2D eigenvalue weighted by Crippen LogP contribution is 2.56. The van der Waals surface area contributed by atoms with Gasteiger partial charge in [0.2, 0.25) is 0 Å². The summed E-state index contributed by atoms with van der Waals surface area (Å²) in [6.45, 7) is 2.87. The lowest BCUT2D eigenvalue weighted by Crippen LogP contribution is -2.53. The Labute approximate surface area is 249 Å². The van der Waals surface area contributed by atoms with E-state index < -0.39 is 5.54 Å². The number of rotatable bonds is 8. The molecule has 0 unspecified atom stereocenters. The zero-order chi connectivity index (χ0) is 28.6. The van der Waals surface area contributed by atoms with E-state index in [0.717, 1.165) is 47.3 Å². The summed E-state index contributed by atoms with van der Waals surface area (Å²) in [4.78, 5) is 17.7. The Morgan fingerprint density at radius 1 is 1.17 bits per heavy atom. The number of phenols is 1. The van der Waals surface area contributed by atoms with Crippen LogP contribution in [0.1, 0.15) is 50.2 Å². The van der Waals surface area contributed by atoms with Crippen LogP contribution in [0, 0.1) is 11.8 Å². The molecule has 2 N–H and O–H groups in total. The molecule has 0 amide bonds. The average Bonchev–Trinajstić information content (AvgIpc) is 3.56. The SMILES string of the molecule is COC(=O)C1(Nc2cccc(Cl)c2)CCC2(CC1)c1cc(O)ccc1C[C@@H]2C[C@@H](C)COc1ccnc2ccsc12. The third-order valence-electron chi connectivity index (χ3n) is 9.18. The van der Waals surface area contributed by atoms with E-state index >= 15 is 0 Å². The Kier molecular flexibility index (Phi) is 7.60. The summed E-state index contributed by atoms with van der Waals surface area (Å²) >= 11 is 7.91. The standard InChI is InChI=1S/C33H35ClN2O4S/c1-21(20-40-29-8-14-35-28-9-15-41-30(28)29)16-23-17-22-6-7-26(37)19-27(22)32(23)10-12-33(13-11-32,31(38)39-2)36-25-5-3-4-24(34)18-25/h3-9,14-15,18-19,21,23,36-37H,10-13,16-17,20H2,1-2H3/t21-,23+,32?,33?/m1/s1. The number of aromatic hydroxyl groups is 1. The Hall–Kier alpha value is -3.29. The van der Waals surface area contributed by atoms with Gasteiger partial charge in [0.1, 0.15) is 17.0 Å². The first-order chi connectivity index (χ1) is 19.8. The number of nitrogens with zero attached hydrogens (tertiary/aromatic N) is 1.